The molecular formula is C19H14F2N4O6S. The summed E-state index contributed by atoms with van der Waals surface area (Å²) in [5, 5.41) is 1.96. The normalized spacial score (nSPS) is 10.8. The van der Waals surface area contributed by atoms with Crippen molar-refractivity contribution in [2.75, 3.05) is 12.4 Å². The molecule has 13 heteroatoms. The van der Waals surface area contributed by atoms with Crippen molar-refractivity contribution in [1.29, 1.82) is 0 Å². The van der Waals surface area contributed by atoms with Crippen molar-refractivity contribution in [1.82, 2.24) is 14.7 Å². The van der Waals surface area contributed by atoms with Crippen LogP contribution >= 0.6 is 0 Å². The minimum atomic E-state index is -4.52. The second-order valence-corrected chi connectivity index (χ2v) is 7.61. The molecule has 1 aromatic heterocycles. The highest BCUT2D eigenvalue weighted by molar-refractivity contribution is 7.90. The van der Waals surface area contributed by atoms with E-state index in [4.69, 9.17) is 4.74 Å². The summed E-state index contributed by atoms with van der Waals surface area (Å²) >= 11 is 0. The lowest BCUT2D eigenvalue weighted by molar-refractivity contribution is 0.0596. The van der Waals surface area contributed by atoms with E-state index in [1.54, 1.807) is 4.72 Å². The Morgan fingerprint density at radius 3 is 2.38 bits per heavy atom. The average molecular weight is 464 g/mol. The third-order valence-corrected chi connectivity index (χ3v) is 5.13. The van der Waals surface area contributed by atoms with Gasteiger partial charge in [-0.3, -0.25) is 5.32 Å². The summed E-state index contributed by atoms with van der Waals surface area (Å²) in [5.74, 6) is -3.36. The summed E-state index contributed by atoms with van der Waals surface area (Å²) in [5.41, 5.74) is -0.299. The number of ether oxygens (including phenoxy) is 2. The van der Waals surface area contributed by atoms with E-state index in [1.165, 1.54) is 30.3 Å². The number of nitrogens with one attached hydrogen (secondary N) is 2. The van der Waals surface area contributed by atoms with Gasteiger partial charge in [0.1, 0.15) is 16.5 Å². The molecule has 0 unspecified atom stereocenters. The SMILES string of the molecule is COC(=O)c1ccccc1S(=O)(=O)NC(=O)Nc1nc(F)cc(Oc2ccc(F)cc2)n1. The quantitative estimate of drug-likeness (QED) is 0.420. The van der Waals surface area contributed by atoms with Crippen molar-refractivity contribution in [2.45, 2.75) is 4.90 Å². The summed E-state index contributed by atoms with van der Waals surface area (Å²) < 4.78 is 63.3. The largest absolute Gasteiger partial charge is 0.465 e. The van der Waals surface area contributed by atoms with Gasteiger partial charge in [0.2, 0.25) is 17.8 Å². The van der Waals surface area contributed by atoms with Gasteiger partial charge in [-0.15, -0.1) is 0 Å². The first kappa shape index (κ1) is 22.6. The molecular weight excluding hydrogens is 450 g/mol. The lowest BCUT2D eigenvalue weighted by Crippen LogP contribution is -2.35. The molecule has 0 radical (unpaired) electrons. The second kappa shape index (κ2) is 9.34. The van der Waals surface area contributed by atoms with E-state index in [9.17, 15) is 26.8 Å². The fourth-order valence-corrected chi connectivity index (χ4v) is 3.52. The Morgan fingerprint density at radius 1 is 1.00 bits per heavy atom. The number of esters is 1. The summed E-state index contributed by atoms with van der Waals surface area (Å²) in [4.78, 5) is 30.5. The number of halogens is 2. The number of hydrogen-bond donors (Lipinski definition) is 2. The number of urea groups is 1. The molecule has 0 atom stereocenters. The van der Waals surface area contributed by atoms with E-state index in [2.05, 4.69) is 14.7 Å². The molecule has 1 heterocycles. The Kier molecular flexibility index (Phi) is 6.59. The van der Waals surface area contributed by atoms with Crippen LogP contribution in [0, 0.1) is 11.8 Å². The van der Waals surface area contributed by atoms with E-state index < -0.39 is 44.6 Å². The van der Waals surface area contributed by atoms with Crippen LogP contribution in [0.25, 0.3) is 0 Å². The van der Waals surface area contributed by atoms with Crippen LogP contribution in [0.5, 0.6) is 11.6 Å². The number of benzene rings is 2. The number of hydrogen-bond acceptors (Lipinski definition) is 8. The first-order chi connectivity index (χ1) is 15.2. The molecule has 2 N–H and O–H groups in total. The van der Waals surface area contributed by atoms with Crippen molar-refractivity contribution >= 4 is 28.0 Å². The van der Waals surface area contributed by atoms with Crippen LogP contribution < -0.4 is 14.8 Å². The number of carbonyl (C=O) groups is 2. The van der Waals surface area contributed by atoms with E-state index in [1.807, 2.05) is 5.32 Å². The van der Waals surface area contributed by atoms with Gasteiger partial charge in [0, 0.05) is 0 Å². The predicted molar refractivity (Wildman–Crippen MR) is 106 cm³/mol. The molecule has 0 saturated heterocycles. The third-order valence-electron chi connectivity index (χ3n) is 3.74. The molecule has 3 rings (SSSR count). The molecule has 2 amide bonds. The molecule has 3 aromatic rings. The molecule has 0 fully saturated rings. The maximum atomic E-state index is 13.8. The van der Waals surface area contributed by atoms with Crippen molar-refractivity contribution in [2.24, 2.45) is 0 Å². The standard InChI is InChI=1S/C19H14F2N4O6S/c1-30-17(26)13-4-2-3-5-14(13)32(28,29)25-19(27)24-18-22-15(21)10-16(23-18)31-12-8-6-11(20)7-9-12/h2-10H,1H3,(H2,22,23,24,25,27). The monoisotopic (exact) mass is 464 g/mol. The molecule has 0 bridgehead atoms. The van der Waals surface area contributed by atoms with Crippen LogP contribution in [-0.2, 0) is 14.8 Å². The Balaban J connectivity index is 1.77. The zero-order chi connectivity index (χ0) is 23.3. The minimum Gasteiger partial charge on any atom is -0.465 e. The maximum absolute atomic E-state index is 13.8. The van der Waals surface area contributed by atoms with Crippen LogP contribution in [0.3, 0.4) is 0 Å². The van der Waals surface area contributed by atoms with Gasteiger partial charge in [-0.05, 0) is 36.4 Å². The average Bonchev–Trinajstić information content (AvgIpc) is 2.74. The molecule has 166 valence electrons. The van der Waals surface area contributed by atoms with Gasteiger partial charge in [0.25, 0.3) is 10.0 Å². The Labute approximate surface area is 180 Å². The topological polar surface area (TPSA) is 137 Å². The lowest BCUT2D eigenvalue weighted by atomic mass is 10.2. The predicted octanol–water partition coefficient (Wildman–Crippen LogP) is 2.84. The van der Waals surface area contributed by atoms with Crippen LogP contribution in [0.4, 0.5) is 19.5 Å². The molecule has 10 nitrogen and oxygen atoms in total. The highest BCUT2D eigenvalue weighted by Crippen LogP contribution is 2.21. The van der Waals surface area contributed by atoms with Crippen molar-refractivity contribution < 1.29 is 36.3 Å². The number of sulfonamides is 1. The first-order valence-electron chi connectivity index (χ1n) is 8.67. The lowest BCUT2D eigenvalue weighted by Gasteiger charge is -2.11. The smallest absolute Gasteiger partial charge is 0.339 e. The zero-order valence-corrected chi connectivity index (χ0v) is 17.0. The van der Waals surface area contributed by atoms with Crippen LogP contribution in [0.2, 0.25) is 0 Å². The number of nitrogens with zero attached hydrogens (tertiary/aromatic N) is 2. The molecule has 0 aliphatic carbocycles. The second-order valence-electron chi connectivity index (χ2n) is 5.96. The number of anilines is 1. The van der Waals surface area contributed by atoms with E-state index in [-0.39, 0.29) is 17.2 Å². The number of methoxy groups -OCH3 is 1. The Hall–Kier alpha value is -4.13. The highest BCUT2D eigenvalue weighted by atomic mass is 32.2. The van der Waals surface area contributed by atoms with Gasteiger partial charge in [-0.25, -0.2) is 27.1 Å². The molecule has 0 spiro atoms. The number of rotatable bonds is 6. The molecule has 32 heavy (non-hydrogen) atoms. The molecule has 0 saturated carbocycles. The number of carbonyl (C=O) groups excluding carboxylic acids is 2. The van der Waals surface area contributed by atoms with E-state index in [0.717, 1.165) is 31.4 Å². The van der Waals surface area contributed by atoms with Gasteiger partial charge in [-0.2, -0.15) is 14.4 Å². The minimum absolute atomic E-state index is 0.127. The molecule has 2 aromatic carbocycles. The van der Waals surface area contributed by atoms with Gasteiger partial charge in [0.15, 0.2) is 0 Å². The van der Waals surface area contributed by atoms with Crippen molar-refractivity contribution in [3.8, 4) is 11.6 Å². The zero-order valence-electron chi connectivity index (χ0n) is 16.2. The third kappa shape index (κ3) is 5.51. The Bertz CT molecular complexity index is 1270. The Morgan fingerprint density at radius 2 is 1.69 bits per heavy atom. The summed E-state index contributed by atoms with van der Waals surface area (Å²) in [7, 11) is -3.45. The van der Waals surface area contributed by atoms with E-state index in [0.29, 0.717) is 0 Å². The van der Waals surface area contributed by atoms with Gasteiger partial charge < -0.3 is 9.47 Å². The summed E-state index contributed by atoms with van der Waals surface area (Å²) in [6, 6.07) is 9.26. The van der Waals surface area contributed by atoms with Crippen LogP contribution in [0.15, 0.2) is 59.5 Å². The van der Waals surface area contributed by atoms with E-state index >= 15 is 0 Å². The maximum Gasteiger partial charge on any atom is 0.339 e. The van der Waals surface area contributed by atoms with Crippen molar-refractivity contribution in [3.05, 3.63) is 71.9 Å². The molecule has 0 aliphatic rings. The summed E-state index contributed by atoms with van der Waals surface area (Å²) in [6.07, 6.45) is 0. The molecule has 0 aliphatic heterocycles. The number of aromatic nitrogens is 2. The fourth-order valence-electron chi connectivity index (χ4n) is 2.41. The highest BCUT2D eigenvalue weighted by Gasteiger charge is 2.25. The van der Waals surface area contributed by atoms with Crippen LogP contribution in [0.1, 0.15) is 10.4 Å². The van der Waals surface area contributed by atoms with Gasteiger partial charge in [-0.1, -0.05) is 12.1 Å². The van der Waals surface area contributed by atoms with Crippen LogP contribution in [-0.4, -0.2) is 37.5 Å². The van der Waals surface area contributed by atoms with Gasteiger partial charge in [0.05, 0.1) is 18.7 Å². The first-order valence-corrected chi connectivity index (χ1v) is 10.2. The van der Waals surface area contributed by atoms with Crippen molar-refractivity contribution in [3.63, 3.8) is 0 Å². The van der Waals surface area contributed by atoms with Gasteiger partial charge >= 0.3 is 12.0 Å². The fraction of sp³-hybridized carbons (Fsp3) is 0.0526. The number of amides is 2. The summed E-state index contributed by atoms with van der Waals surface area (Å²) in [6.45, 7) is 0.